The summed E-state index contributed by atoms with van der Waals surface area (Å²) in [6.07, 6.45) is 0. The maximum Gasteiger partial charge on any atom is 0.101 e. The number of hydrogen-bond donors (Lipinski definition) is 0. The van der Waals surface area contributed by atoms with Crippen molar-refractivity contribution in [1.29, 1.82) is 31.6 Å². The number of fused-ring (bicyclic) bond motifs is 18. The van der Waals surface area contributed by atoms with Crippen LogP contribution in [-0.2, 0) is 0 Å². The molecule has 0 radical (unpaired) electrons. The van der Waals surface area contributed by atoms with Gasteiger partial charge >= 0.3 is 0 Å². The van der Waals surface area contributed by atoms with E-state index >= 15 is 0 Å². The highest BCUT2D eigenvalue weighted by Crippen LogP contribution is 2.46. The van der Waals surface area contributed by atoms with Gasteiger partial charge in [-0.05, 0) is 208 Å². The van der Waals surface area contributed by atoms with Crippen LogP contribution in [0.5, 0.6) is 0 Å². The first-order valence-electron chi connectivity index (χ1n) is 47.7. The molecule has 666 valence electrons. The predicted molar refractivity (Wildman–Crippen MR) is 586 cm³/mol. The molecule has 144 heavy (non-hydrogen) atoms. The molecule has 12 nitrogen and oxygen atoms in total. The molecular weight excluding hydrogens is 1750 g/mol. The number of benzene rings is 21. The molecule has 21 aromatic carbocycles. The molecule has 0 saturated carbocycles. The van der Waals surface area contributed by atoms with Gasteiger partial charge < -0.3 is 27.4 Å². The smallest absolute Gasteiger partial charge is 0.101 e. The predicted octanol–water partition coefficient (Wildman–Crippen LogP) is 32.9. The van der Waals surface area contributed by atoms with Gasteiger partial charge in [0.05, 0.1) is 147 Å². The van der Waals surface area contributed by atoms with Gasteiger partial charge in [-0.25, -0.2) is 0 Å². The molecule has 6 heterocycles. The Hall–Kier alpha value is -20.6. The first-order chi connectivity index (χ1) is 71.2. The average molecular weight is 1830 g/mol. The van der Waals surface area contributed by atoms with Crippen LogP contribution in [-0.4, -0.2) is 27.4 Å². The van der Waals surface area contributed by atoms with E-state index in [1.54, 1.807) is 0 Å². The maximum absolute atomic E-state index is 10.1. The summed E-state index contributed by atoms with van der Waals surface area (Å²) < 4.78 is 13.5. The van der Waals surface area contributed by atoms with Crippen molar-refractivity contribution < 1.29 is 0 Å². The lowest BCUT2D eigenvalue weighted by Gasteiger charge is -2.15. The Bertz CT molecular complexity index is 10100. The lowest BCUT2D eigenvalue weighted by atomic mass is 9.97. The first-order valence-corrected chi connectivity index (χ1v) is 47.7. The van der Waals surface area contributed by atoms with Crippen LogP contribution in [0.1, 0.15) is 33.4 Å². The highest BCUT2D eigenvalue weighted by atomic mass is 15.0. The average Bonchev–Trinajstić information content (AvgIpc) is 1.59. The van der Waals surface area contributed by atoms with Crippen molar-refractivity contribution in [2.75, 3.05) is 0 Å². The van der Waals surface area contributed by atoms with Crippen LogP contribution in [0, 0.1) is 68.0 Å². The van der Waals surface area contributed by atoms with E-state index in [1.165, 1.54) is 54.4 Å². The summed E-state index contributed by atoms with van der Waals surface area (Å²) in [7, 11) is 0. The topological polar surface area (TPSA) is 172 Å². The van der Waals surface area contributed by atoms with Crippen molar-refractivity contribution in [3.05, 3.63) is 507 Å². The van der Waals surface area contributed by atoms with Crippen LogP contribution in [0.15, 0.2) is 473 Å². The fraction of sp³-hybridized carbons (Fsp3) is 0. The zero-order valence-corrected chi connectivity index (χ0v) is 77.4. The zero-order valence-electron chi connectivity index (χ0n) is 77.4. The van der Waals surface area contributed by atoms with E-state index in [-0.39, 0.29) is 0 Å². The fourth-order valence-electron chi connectivity index (χ4n) is 21.8. The lowest BCUT2D eigenvalue weighted by Crippen LogP contribution is -1.98. The van der Waals surface area contributed by atoms with Crippen LogP contribution in [0.3, 0.4) is 0 Å². The Kier molecular flexibility index (Phi) is 21.0. The van der Waals surface area contributed by atoms with Crippen molar-refractivity contribution in [1.82, 2.24) is 27.4 Å². The Balaban J connectivity index is 0.000000113. The van der Waals surface area contributed by atoms with Gasteiger partial charge in [0.1, 0.15) is 6.07 Å². The molecule has 0 aliphatic rings. The third kappa shape index (κ3) is 14.3. The first kappa shape index (κ1) is 85.1. The monoisotopic (exact) mass is 1830 g/mol. The minimum absolute atomic E-state index is 0.559. The van der Waals surface area contributed by atoms with Gasteiger partial charge in [-0.3, -0.25) is 0 Å². The SMILES string of the molecule is N#Cc1cc(-c2ccc(-c3ccccc3-n3c4ccccc4c4c(C#N)cccc43)cc2)cc(-n2c3ccccc3c3ccccc32)c1.N#Cc1cc(-c2ccc(-c3ccccc3-n3c4ccccc4c4ccccc43)cc2)cc(-n2c3ccccc3c3ccc(C#N)cc32)c1.N#Cc1cc(-c2ccc(-c3ccccc3-n3c4ccccc4c4ccccc43)cc2)cc(-n2c3ccccc3c3cccc(C#N)c32)c1. The fourth-order valence-corrected chi connectivity index (χ4v) is 21.8. The van der Waals surface area contributed by atoms with Gasteiger partial charge in [0.2, 0.25) is 0 Å². The largest absolute Gasteiger partial charge is 0.309 e. The summed E-state index contributed by atoms with van der Waals surface area (Å²) in [5, 5.41) is 73.6. The van der Waals surface area contributed by atoms with Crippen molar-refractivity contribution in [2.45, 2.75) is 0 Å². The molecule has 0 aliphatic carbocycles. The molecule has 6 aromatic heterocycles. The lowest BCUT2D eigenvalue weighted by molar-refractivity contribution is 1.17. The quantitative estimate of drug-likeness (QED) is 0.118. The third-order valence-corrected chi connectivity index (χ3v) is 28.1. The van der Waals surface area contributed by atoms with Crippen LogP contribution < -0.4 is 0 Å². The summed E-state index contributed by atoms with van der Waals surface area (Å²) >= 11 is 0. The summed E-state index contributed by atoms with van der Waals surface area (Å²) in [4.78, 5) is 0. The molecule has 12 heteroatoms. The van der Waals surface area contributed by atoms with E-state index in [1.807, 2.05) is 115 Å². The third-order valence-electron chi connectivity index (χ3n) is 28.1. The Labute approximate surface area is 827 Å². The Morgan fingerprint density at radius 3 is 0.764 bits per heavy atom. The van der Waals surface area contributed by atoms with E-state index < -0.39 is 0 Å². The summed E-state index contributed by atoms with van der Waals surface area (Å²) in [6, 6.07) is 177. The normalized spacial score (nSPS) is 11.3. The van der Waals surface area contributed by atoms with Gasteiger partial charge in [-0.2, -0.15) is 31.6 Å². The minimum atomic E-state index is 0.559. The molecule has 0 bridgehead atoms. The second-order valence-corrected chi connectivity index (χ2v) is 36.1. The van der Waals surface area contributed by atoms with E-state index in [0.717, 1.165) is 177 Å². The van der Waals surface area contributed by atoms with E-state index in [4.69, 9.17) is 0 Å². The number of aromatic nitrogens is 6. The molecule has 0 atom stereocenters. The number of nitriles is 6. The summed E-state index contributed by atoms with van der Waals surface area (Å²) in [5.74, 6) is 0. The highest BCUT2D eigenvalue weighted by molar-refractivity contribution is 6.16. The number of para-hydroxylation sites is 13. The molecule has 0 fully saturated rings. The van der Waals surface area contributed by atoms with Gasteiger partial charge in [0.15, 0.2) is 0 Å². The summed E-state index contributed by atoms with van der Waals surface area (Å²) in [6.45, 7) is 0. The molecule has 27 aromatic rings. The molecule has 0 unspecified atom stereocenters. The Morgan fingerprint density at radius 1 is 0.146 bits per heavy atom. The van der Waals surface area contributed by atoms with Gasteiger partial charge in [-0.1, -0.05) is 315 Å². The Morgan fingerprint density at radius 2 is 0.403 bits per heavy atom. The van der Waals surface area contributed by atoms with Crippen LogP contribution in [0.2, 0.25) is 0 Å². The summed E-state index contributed by atoms with van der Waals surface area (Å²) in [5.41, 5.74) is 35.0. The van der Waals surface area contributed by atoms with Gasteiger partial charge in [0, 0.05) is 98.4 Å². The zero-order chi connectivity index (χ0) is 96.6. The standard InChI is InChI=1S/3C44H26N4/c45-27-29-24-33(26-34(25-29)47-41-17-6-4-14-38(41)39-15-9-10-32(28-46)44(39)47)30-20-22-31(23-21-30)35-11-1-5-16-40(35)48-42-18-7-2-12-36(42)37-13-3-8-19-43(37)48;45-27-29-24-33(26-34(25-29)47-40-16-6-2-12-36(40)37-13-3-7-17-41(37)47)30-20-22-31(23-21-30)35-11-1-5-15-39(35)48-42-18-8-4-14-38(42)44-32(28-46)10-9-19-43(44)48;45-27-29-17-22-39-38-12-2-6-14-41(38)47(44(39)25-29)34-24-30(28-46)23-33(26-34)31-18-20-32(21-19-31)35-9-1-5-13-40(35)48-42-15-7-3-10-36(42)37-11-4-8-16-43(37)48/h3*1-26H. The molecule has 27 rings (SSSR count). The van der Waals surface area contributed by atoms with E-state index in [0.29, 0.717) is 33.4 Å². The maximum atomic E-state index is 10.1. The second-order valence-electron chi connectivity index (χ2n) is 36.1. The van der Waals surface area contributed by atoms with Crippen LogP contribution >= 0.6 is 0 Å². The van der Waals surface area contributed by atoms with E-state index in [9.17, 15) is 31.6 Å². The number of rotatable bonds is 12. The van der Waals surface area contributed by atoms with Crippen molar-refractivity contribution in [2.24, 2.45) is 0 Å². The number of hydrogen-bond acceptors (Lipinski definition) is 6. The van der Waals surface area contributed by atoms with Crippen molar-refractivity contribution in [3.63, 3.8) is 0 Å². The van der Waals surface area contributed by atoms with Crippen LogP contribution in [0.4, 0.5) is 0 Å². The molecule has 0 saturated heterocycles. The molecule has 0 amide bonds. The van der Waals surface area contributed by atoms with Crippen LogP contribution in [0.25, 0.3) is 232 Å². The van der Waals surface area contributed by atoms with E-state index in [2.05, 4.69) is 422 Å². The van der Waals surface area contributed by atoms with Gasteiger partial charge in [-0.15, -0.1) is 0 Å². The molecule has 0 N–H and O–H groups in total. The molecule has 0 spiro atoms. The van der Waals surface area contributed by atoms with Gasteiger partial charge in [0.25, 0.3) is 0 Å². The number of nitrogens with zero attached hydrogens (tertiary/aromatic N) is 12. The minimum Gasteiger partial charge on any atom is -0.309 e. The molecular formula is C132H78N12. The second kappa shape index (κ2) is 35.5. The molecule has 0 aliphatic heterocycles. The van der Waals surface area contributed by atoms with Crippen molar-refractivity contribution in [3.8, 4) is 137 Å². The highest BCUT2D eigenvalue weighted by Gasteiger charge is 2.25. The van der Waals surface area contributed by atoms with Crippen molar-refractivity contribution >= 4 is 131 Å².